The molecule has 0 radical (unpaired) electrons. The van der Waals surface area contributed by atoms with Crippen molar-refractivity contribution in [1.29, 1.82) is 0 Å². The molecule has 0 fully saturated rings. The first-order chi connectivity index (χ1) is 9.79. The summed E-state index contributed by atoms with van der Waals surface area (Å²) in [4.78, 5) is 4.39. The third-order valence-electron chi connectivity index (χ3n) is 3.23. The van der Waals surface area contributed by atoms with Gasteiger partial charge in [0.1, 0.15) is 5.82 Å². The average molecular weight is 268 g/mol. The molecule has 3 heterocycles. The Hall–Kier alpha value is -2.76. The van der Waals surface area contributed by atoms with Crippen molar-refractivity contribution < 1.29 is 9.47 Å². The van der Waals surface area contributed by atoms with Crippen LogP contribution in [0.3, 0.4) is 0 Å². The minimum absolute atomic E-state index is 0.268. The number of fused-ring (bicyclic) bond motifs is 2. The second-order valence-electron chi connectivity index (χ2n) is 4.61. The molecule has 0 amide bonds. The second-order valence-corrected chi connectivity index (χ2v) is 4.61. The minimum Gasteiger partial charge on any atom is -0.454 e. The van der Waals surface area contributed by atoms with Gasteiger partial charge in [0.2, 0.25) is 6.79 Å². The zero-order valence-corrected chi connectivity index (χ0v) is 10.8. The highest BCUT2D eigenvalue weighted by Gasteiger charge is 2.16. The van der Waals surface area contributed by atoms with Crippen LogP contribution in [0.5, 0.6) is 11.5 Å². The van der Waals surface area contributed by atoms with Gasteiger partial charge in [0.25, 0.3) is 0 Å². The van der Waals surface area contributed by atoms with Crippen molar-refractivity contribution in [2.24, 2.45) is 7.05 Å². The van der Waals surface area contributed by atoms with E-state index >= 15 is 0 Å². The molecule has 0 saturated carbocycles. The summed E-state index contributed by atoms with van der Waals surface area (Å²) in [5, 5.41) is 9.44. The van der Waals surface area contributed by atoms with Crippen LogP contribution in [0.4, 0.5) is 11.5 Å². The van der Waals surface area contributed by atoms with Crippen molar-refractivity contribution in [1.82, 2.24) is 14.8 Å². The summed E-state index contributed by atoms with van der Waals surface area (Å²) in [5.41, 5.74) is 0.894. The monoisotopic (exact) mass is 268 g/mol. The molecule has 1 aromatic carbocycles. The molecule has 1 aliphatic rings. The van der Waals surface area contributed by atoms with Crippen molar-refractivity contribution in [2.75, 3.05) is 12.1 Å². The van der Waals surface area contributed by atoms with E-state index in [1.165, 1.54) is 0 Å². The molecule has 4 rings (SSSR count). The van der Waals surface area contributed by atoms with Gasteiger partial charge in [0.15, 0.2) is 11.5 Å². The molecule has 0 aliphatic carbocycles. The summed E-state index contributed by atoms with van der Waals surface area (Å²) in [7, 11) is 1.87. The van der Waals surface area contributed by atoms with E-state index in [0.29, 0.717) is 0 Å². The Morgan fingerprint density at radius 3 is 2.90 bits per heavy atom. The van der Waals surface area contributed by atoms with Crippen molar-refractivity contribution >= 4 is 22.3 Å². The fraction of sp³-hybridized carbons (Fsp3) is 0.143. The third-order valence-corrected chi connectivity index (χ3v) is 3.23. The molecule has 1 aliphatic heterocycles. The molecule has 0 bridgehead atoms. The molecule has 1 N–H and O–H groups in total. The van der Waals surface area contributed by atoms with Crippen LogP contribution in [-0.4, -0.2) is 21.6 Å². The van der Waals surface area contributed by atoms with E-state index in [0.717, 1.165) is 33.8 Å². The molecular weight excluding hydrogens is 256 g/mol. The molecule has 0 saturated heterocycles. The van der Waals surface area contributed by atoms with Crippen LogP contribution >= 0.6 is 0 Å². The van der Waals surface area contributed by atoms with Gasteiger partial charge in [-0.25, -0.2) is 4.98 Å². The molecule has 0 atom stereocenters. The number of ether oxygens (including phenoxy) is 2. The van der Waals surface area contributed by atoms with Gasteiger partial charge in [-0.05, 0) is 23.6 Å². The average Bonchev–Trinajstić information content (AvgIpc) is 3.05. The van der Waals surface area contributed by atoms with Gasteiger partial charge in [-0.3, -0.25) is 4.68 Å². The van der Waals surface area contributed by atoms with E-state index in [1.807, 2.05) is 31.4 Å². The van der Waals surface area contributed by atoms with Gasteiger partial charge in [-0.2, -0.15) is 5.10 Å². The SMILES string of the molecule is Cn1cc(Nc2nccc3cc4c(cc23)OCO4)cn1. The number of benzene rings is 1. The Morgan fingerprint density at radius 2 is 2.10 bits per heavy atom. The highest BCUT2D eigenvalue weighted by molar-refractivity contribution is 5.95. The predicted octanol–water partition coefficient (Wildman–Crippen LogP) is 2.44. The summed E-state index contributed by atoms with van der Waals surface area (Å²) < 4.78 is 12.6. The minimum atomic E-state index is 0.268. The highest BCUT2D eigenvalue weighted by atomic mass is 16.7. The normalized spacial score (nSPS) is 12.8. The molecule has 0 unspecified atom stereocenters. The second kappa shape index (κ2) is 4.12. The maximum absolute atomic E-state index is 5.42. The zero-order valence-electron chi connectivity index (χ0n) is 10.8. The number of nitrogens with one attached hydrogen (secondary N) is 1. The number of aryl methyl sites for hydroxylation is 1. The maximum atomic E-state index is 5.42. The number of hydrogen-bond acceptors (Lipinski definition) is 5. The topological polar surface area (TPSA) is 61.2 Å². The van der Waals surface area contributed by atoms with E-state index in [9.17, 15) is 0 Å². The molecule has 6 nitrogen and oxygen atoms in total. The van der Waals surface area contributed by atoms with E-state index in [2.05, 4.69) is 15.4 Å². The lowest BCUT2D eigenvalue weighted by Gasteiger charge is -2.07. The van der Waals surface area contributed by atoms with Gasteiger partial charge in [-0.15, -0.1) is 0 Å². The van der Waals surface area contributed by atoms with Gasteiger partial charge >= 0.3 is 0 Å². The van der Waals surface area contributed by atoms with E-state index in [4.69, 9.17) is 9.47 Å². The lowest BCUT2D eigenvalue weighted by atomic mass is 10.1. The van der Waals surface area contributed by atoms with E-state index in [1.54, 1.807) is 17.1 Å². The summed E-state index contributed by atoms with van der Waals surface area (Å²) in [6, 6.07) is 5.86. The van der Waals surface area contributed by atoms with Crippen molar-refractivity contribution in [3.63, 3.8) is 0 Å². The van der Waals surface area contributed by atoms with Crippen LogP contribution in [0.15, 0.2) is 36.8 Å². The van der Waals surface area contributed by atoms with Crippen molar-refractivity contribution in [3.05, 3.63) is 36.8 Å². The van der Waals surface area contributed by atoms with Crippen LogP contribution in [-0.2, 0) is 7.05 Å². The third kappa shape index (κ3) is 1.73. The fourth-order valence-electron chi connectivity index (χ4n) is 2.28. The quantitative estimate of drug-likeness (QED) is 0.773. The standard InChI is InChI=1S/C14H12N4O2/c1-18-7-10(6-16-18)17-14-11-5-13-12(19-8-20-13)4-9(11)2-3-15-14/h2-7H,8H2,1H3,(H,15,17). The fourth-order valence-corrected chi connectivity index (χ4v) is 2.28. The molecular formula is C14H12N4O2. The first kappa shape index (κ1) is 11.1. The molecule has 0 spiro atoms. The summed E-state index contributed by atoms with van der Waals surface area (Å²) >= 11 is 0. The van der Waals surface area contributed by atoms with Gasteiger partial charge < -0.3 is 14.8 Å². The van der Waals surface area contributed by atoms with Crippen LogP contribution in [0.25, 0.3) is 10.8 Å². The summed E-state index contributed by atoms with van der Waals surface area (Å²) in [6.07, 6.45) is 5.42. The Labute approximate surface area is 114 Å². The Balaban J connectivity index is 1.83. The lowest BCUT2D eigenvalue weighted by Crippen LogP contribution is -1.94. The number of nitrogens with zero attached hydrogens (tertiary/aromatic N) is 3. The first-order valence-corrected chi connectivity index (χ1v) is 6.24. The molecule has 20 heavy (non-hydrogen) atoms. The Bertz CT molecular complexity index is 797. The Kier molecular flexibility index (Phi) is 2.29. The van der Waals surface area contributed by atoms with Crippen LogP contribution in [0, 0.1) is 0 Å². The molecule has 100 valence electrons. The predicted molar refractivity (Wildman–Crippen MR) is 74.4 cm³/mol. The van der Waals surface area contributed by atoms with Crippen LogP contribution in [0.2, 0.25) is 0 Å². The largest absolute Gasteiger partial charge is 0.454 e. The highest BCUT2D eigenvalue weighted by Crippen LogP contribution is 2.38. The van der Waals surface area contributed by atoms with E-state index in [-0.39, 0.29) is 6.79 Å². The van der Waals surface area contributed by atoms with Gasteiger partial charge in [-0.1, -0.05) is 0 Å². The summed E-state index contributed by atoms with van der Waals surface area (Å²) in [6.45, 7) is 0.268. The maximum Gasteiger partial charge on any atom is 0.231 e. The number of aromatic nitrogens is 3. The van der Waals surface area contributed by atoms with Gasteiger partial charge in [0.05, 0.1) is 11.9 Å². The number of rotatable bonds is 2. The number of pyridine rings is 1. The first-order valence-electron chi connectivity index (χ1n) is 6.24. The number of hydrogen-bond donors (Lipinski definition) is 1. The van der Waals surface area contributed by atoms with E-state index < -0.39 is 0 Å². The Morgan fingerprint density at radius 1 is 1.25 bits per heavy atom. The lowest BCUT2D eigenvalue weighted by molar-refractivity contribution is 0.174. The molecule has 3 aromatic rings. The number of anilines is 2. The van der Waals surface area contributed by atoms with Crippen molar-refractivity contribution in [2.45, 2.75) is 0 Å². The summed E-state index contributed by atoms with van der Waals surface area (Å²) in [5.74, 6) is 2.30. The molecule has 6 heteroatoms. The van der Waals surface area contributed by atoms with Crippen LogP contribution < -0.4 is 14.8 Å². The van der Waals surface area contributed by atoms with Crippen LogP contribution in [0.1, 0.15) is 0 Å². The van der Waals surface area contributed by atoms with Gasteiger partial charge in [0, 0.05) is 24.8 Å². The van der Waals surface area contributed by atoms with Crippen molar-refractivity contribution in [3.8, 4) is 11.5 Å². The zero-order chi connectivity index (χ0) is 13.5. The molecule has 2 aromatic heterocycles. The smallest absolute Gasteiger partial charge is 0.231 e.